The molecule has 0 saturated carbocycles. The Labute approximate surface area is 103 Å². The van der Waals surface area contributed by atoms with Crippen LogP contribution in [0.5, 0.6) is 0 Å². The molecule has 0 saturated heterocycles. The van der Waals surface area contributed by atoms with Gasteiger partial charge >= 0.3 is 0 Å². The van der Waals surface area contributed by atoms with E-state index in [0.717, 1.165) is 17.1 Å². The van der Waals surface area contributed by atoms with Gasteiger partial charge in [-0.05, 0) is 17.9 Å². The van der Waals surface area contributed by atoms with Crippen molar-refractivity contribution in [3.8, 4) is 0 Å². The van der Waals surface area contributed by atoms with Crippen molar-refractivity contribution in [1.82, 2.24) is 4.90 Å². The molecule has 16 heavy (non-hydrogen) atoms. The van der Waals surface area contributed by atoms with Gasteiger partial charge in [0.05, 0.1) is 0 Å². The molecule has 0 N–H and O–H groups in total. The first-order valence-electron chi connectivity index (χ1n) is 5.68. The summed E-state index contributed by atoms with van der Waals surface area (Å²) in [6.45, 7) is 5.64. The van der Waals surface area contributed by atoms with E-state index < -0.39 is 0 Å². The zero-order valence-corrected chi connectivity index (χ0v) is 10.9. The first-order chi connectivity index (χ1) is 7.49. The van der Waals surface area contributed by atoms with Crippen LogP contribution in [0.15, 0.2) is 30.3 Å². The van der Waals surface area contributed by atoms with E-state index in [0.29, 0.717) is 0 Å². The lowest BCUT2D eigenvalue weighted by molar-refractivity contribution is 0.328. The lowest BCUT2D eigenvalue weighted by atomic mass is 9.84. The summed E-state index contributed by atoms with van der Waals surface area (Å²) in [5, 5.41) is 0.832. The second kappa shape index (κ2) is 4.14. The molecule has 1 aliphatic heterocycles. The van der Waals surface area contributed by atoms with Gasteiger partial charge in [0, 0.05) is 29.9 Å². The third-order valence-electron chi connectivity index (χ3n) is 3.18. The number of halogens is 1. The van der Waals surface area contributed by atoms with E-state index in [-0.39, 0.29) is 5.41 Å². The predicted molar refractivity (Wildman–Crippen MR) is 70.5 cm³/mol. The van der Waals surface area contributed by atoms with Crippen molar-refractivity contribution in [2.75, 3.05) is 13.6 Å². The largest absolute Gasteiger partial charge is 0.374 e. The molecule has 2 heteroatoms. The highest BCUT2D eigenvalue weighted by Crippen LogP contribution is 2.36. The molecule has 2 rings (SSSR count). The van der Waals surface area contributed by atoms with Gasteiger partial charge in [0.2, 0.25) is 0 Å². The highest BCUT2D eigenvalue weighted by atomic mass is 35.5. The van der Waals surface area contributed by atoms with Gasteiger partial charge in [0.15, 0.2) is 0 Å². The van der Waals surface area contributed by atoms with Crippen LogP contribution in [0.1, 0.15) is 25.8 Å². The molecule has 0 unspecified atom stereocenters. The number of benzene rings is 1. The molecule has 86 valence electrons. The quantitative estimate of drug-likeness (QED) is 0.710. The highest BCUT2D eigenvalue weighted by molar-refractivity contribution is 6.32. The molecule has 0 amide bonds. The van der Waals surface area contributed by atoms with Crippen LogP contribution in [0.3, 0.4) is 0 Å². The minimum absolute atomic E-state index is 0.265. The molecule has 0 radical (unpaired) electrons. The predicted octanol–water partition coefficient (Wildman–Crippen LogP) is 4.04. The van der Waals surface area contributed by atoms with Gasteiger partial charge in [-0.15, -0.1) is 0 Å². The van der Waals surface area contributed by atoms with Gasteiger partial charge in [-0.3, -0.25) is 0 Å². The van der Waals surface area contributed by atoms with Crippen LogP contribution in [-0.4, -0.2) is 18.5 Å². The Morgan fingerprint density at radius 3 is 2.62 bits per heavy atom. The molecule has 0 spiro atoms. The molecule has 0 bridgehead atoms. The Kier molecular flexibility index (Phi) is 2.98. The van der Waals surface area contributed by atoms with Crippen LogP contribution in [0.2, 0.25) is 5.02 Å². The minimum Gasteiger partial charge on any atom is -0.374 e. The van der Waals surface area contributed by atoms with Gasteiger partial charge in [-0.1, -0.05) is 49.7 Å². The Morgan fingerprint density at radius 1 is 1.25 bits per heavy atom. The van der Waals surface area contributed by atoms with Crippen molar-refractivity contribution >= 4 is 17.3 Å². The number of rotatable bonds is 1. The molecular formula is C14H18ClN. The van der Waals surface area contributed by atoms with Crippen LogP contribution < -0.4 is 0 Å². The van der Waals surface area contributed by atoms with E-state index in [2.05, 4.69) is 37.9 Å². The number of hydrogen-bond acceptors (Lipinski definition) is 1. The van der Waals surface area contributed by atoms with E-state index >= 15 is 0 Å². The van der Waals surface area contributed by atoms with Gasteiger partial charge in [0.25, 0.3) is 0 Å². The van der Waals surface area contributed by atoms with Gasteiger partial charge in [-0.25, -0.2) is 0 Å². The van der Waals surface area contributed by atoms with E-state index in [1.807, 2.05) is 18.2 Å². The molecule has 0 aliphatic carbocycles. The van der Waals surface area contributed by atoms with Crippen LogP contribution >= 0.6 is 11.6 Å². The van der Waals surface area contributed by atoms with E-state index in [1.165, 1.54) is 12.1 Å². The molecule has 0 atom stereocenters. The van der Waals surface area contributed by atoms with Crippen molar-refractivity contribution in [3.63, 3.8) is 0 Å². The van der Waals surface area contributed by atoms with Crippen molar-refractivity contribution in [2.45, 2.75) is 20.3 Å². The van der Waals surface area contributed by atoms with Crippen molar-refractivity contribution < 1.29 is 0 Å². The van der Waals surface area contributed by atoms with E-state index in [1.54, 1.807) is 0 Å². The Bertz CT molecular complexity index is 420. The van der Waals surface area contributed by atoms with Crippen molar-refractivity contribution in [2.24, 2.45) is 5.41 Å². The van der Waals surface area contributed by atoms with Gasteiger partial charge in [0.1, 0.15) is 0 Å². The van der Waals surface area contributed by atoms with Gasteiger partial charge in [-0.2, -0.15) is 0 Å². The Hall–Kier alpha value is -0.950. The second-order valence-corrected chi connectivity index (χ2v) is 5.58. The summed E-state index contributed by atoms with van der Waals surface area (Å²) in [7, 11) is 2.13. The monoisotopic (exact) mass is 235 g/mol. The number of allylic oxidation sites excluding steroid dienone is 1. The molecule has 0 aromatic heterocycles. The molecular weight excluding hydrogens is 218 g/mol. The third kappa shape index (κ3) is 2.25. The van der Waals surface area contributed by atoms with Crippen LogP contribution in [0.25, 0.3) is 5.70 Å². The first-order valence-corrected chi connectivity index (χ1v) is 6.06. The summed E-state index contributed by atoms with van der Waals surface area (Å²) in [6.07, 6.45) is 3.52. The SMILES string of the molecule is CN1CCC(C)(C)C=C1c1ccccc1Cl. The topological polar surface area (TPSA) is 3.24 Å². The molecule has 0 fully saturated rings. The average molecular weight is 236 g/mol. The fourth-order valence-electron chi connectivity index (χ4n) is 2.08. The molecule has 1 nitrogen and oxygen atoms in total. The highest BCUT2D eigenvalue weighted by Gasteiger charge is 2.24. The third-order valence-corrected chi connectivity index (χ3v) is 3.51. The maximum Gasteiger partial charge on any atom is 0.0499 e. The molecule has 1 aliphatic rings. The standard InChI is InChI=1S/C14H18ClN/c1-14(2)8-9-16(3)13(10-14)11-6-4-5-7-12(11)15/h4-7,10H,8-9H2,1-3H3. The van der Waals surface area contributed by atoms with Crippen LogP contribution in [0, 0.1) is 5.41 Å². The zero-order valence-electron chi connectivity index (χ0n) is 10.1. The smallest absolute Gasteiger partial charge is 0.0499 e. The van der Waals surface area contributed by atoms with Crippen LogP contribution in [0.4, 0.5) is 0 Å². The fraction of sp³-hybridized carbons (Fsp3) is 0.429. The summed E-state index contributed by atoms with van der Waals surface area (Å²) in [4.78, 5) is 2.28. The van der Waals surface area contributed by atoms with Crippen LogP contribution in [-0.2, 0) is 0 Å². The summed E-state index contributed by atoms with van der Waals surface area (Å²) >= 11 is 6.25. The normalized spacial score (nSPS) is 19.5. The minimum atomic E-state index is 0.265. The van der Waals surface area contributed by atoms with Crippen molar-refractivity contribution in [1.29, 1.82) is 0 Å². The van der Waals surface area contributed by atoms with E-state index in [9.17, 15) is 0 Å². The summed E-state index contributed by atoms with van der Waals surface area (Å²) in [6, 6.07) is 8.05. The molecule has 1 heterocycles. The summed E-state index contributed by atoms with van der Waals surface area (Å²) in [5.74, 6) is 0. The lowest BCUT2D eigenvalue weighted by Gasteiger charge is -2.35. The number of nitrogens with zero attached hydrogens (tertiary/aromatic N) is 1. The molecule has 1 aromatic carbocycles. The Balaban J connectivity index is 2.46. The maximum atomic E-state index is 6.25. The first kappa shape index (κ1) is 11.5. The maximum absolute atomic E-state index is 6.25. The summed E-state index contributed by atoms with van der Waals surface area (Å²) < 4.78 is 0. The van der Waals surface area contributed by atoms with Gasteiger partial charge < -0.3 is 4.90 Å². The summed E-state index contributed by atoms with van der Waals surface area (Å²) in [5.41, 5.74) is 2.65. The second-order valence-electron chi connectivity index (χ2n) is 5.17. The zero-order chi connectivity index (χ0) is 11.8. The van der Waals surface area contributed by atoms with Crippen molar-refractivity contribution in [3.05, 3.63) is 40.9 Å². The Morgan fingerprint density at radius 2 is 1.94 bits per heavy atom. The average Bonchev–Trinajstić information content (AvgIpc) is 2.23. The van der Waals surface area contributed by atoms with E-state index in [4.69, 9.17) is 11.6 Å². The lowest BCUT2D eigenvalue weighted by Crippen LogP contribution is -2.29. The fourth-order valence-corrected chi connectivity index (χ4v) is 2.31. The molecule has 1 aromatic rings. The number of hydrogen-bond donors (Lipinski definition) is 0.